The Labute approximate surface area is 153 Å². The van der Waals surface area contributed by atoms with Crippen LogP contribution in [0.1, 0.15) is 38.4 Å². The summed E-state index contributed by atoms with van der Waals surface area (Å²) in [5.41, 5.74) is -0.717. The van der Waals surface area contributed by atoms with Crippen molar-refractivity contribution in [2.45, 2.75) is 46.1 Å². The number of hydrogen-bond acceptors (Lipinski definition) is 5. The van der Waals surface area contributed by atoms with Crippen LogP contribution >= 0.6 is 22.7 Å². The van der Waals surface area contributed by atoms with Crippen LogP contribution in [0.4, 0.5) is 0 Å². The number of carboxylic acids is 1. The standard InChI is InChI=1S/C18H20N2O3S2/c1-5-10-13(11-8-7-9-24-11)14-15(25-10)19-12(6-2)20(16(14)21)18(3,4)17(22)23/h7-9H,5-6H2,1-4H3,(H,22,23). The van der Waals surface area contributed by atoms with Crippen molar-refractivity contribution in [3.05, 3.63) is 38.6 Å². The number of hydrogen-bond donors (Lipinski definition) is 1. The Morgan fingerprint density at radius 1 is 1.32 bits per heavy atom. The van der Waals surface area contributed by atoms with Gasteiger partial charge in [0, 0.05) is 21.7 Å². The van der Waals surface area contributed by atoms with Gasteiger partial charge >= 0.3 is 5.97 Å². The first kappa shape index (κ1) is 17.8. The highest BCUT2D eigenvalue weighted by atomic mass is 32.1. The predicted molar refractivity (Wildman–Crippen MR) is 103 cm³/mol. The molecular formula is C18H20N2O3S2. The van der Waals surface area contributed by atoms with Crippen LogP contribution in [-0.2, 0) is 23.2 Å². The van der Waals surface area contributed by atoms with Crippen molar-refractivity contribution in [2.24, 2.45) is 0 Å². The van der Waals surface area contributed by atoms with E-state index < -0.39 is 11.5 Å². The monoisotopic (exact) mass is 376 g/mol. The second-order valence-corrected chi connectivity index (χ2v) is 8.33. The van der Waals surface area contributed by atoms with Gasteiger partial charge < -0.3 is 5.11 Å². The highest BCUT2D eigenvalue weighted by Crippen LogP contribution is 2.39. The molecule has 0 radical (unpaired) electrons. The molecule has 0 saturated heterocycles. The molecule has 0 bridgehead atoms. The molecule has 0 amide bonds. The van der Waals surface area contributed by atoms with Crippen LogP contribution in [0.5, 0.6) is 0 Å². The lowest BCUT2D eigenvalue weighted by Crippen LogP contribution is -2.44. The topological polar surface area (TPSA) is 72.2 Å². The summed E-state index contributed by atoms with van der Waals surface area (Å²) in [4.78, 5) is 32.6. The van der Waals surface area contributed by atoms with Crippen LogP contribution in [-0.4, -0.2) is 20.6 Å². The molecule has 0 spiro atoms. The van der Waals surface area contributed by atoms with Crippen LogP contribution in [0.3, 0.4) is 0 Å². The molecule has 0 aliphatic rings. The molecule has 0 fully saturated rings. The van der Waals surface area contributed by atoms with Crippen molar-refractivity contribution in [1.29, 1.82) is 0 Å². The van der Waals surface area contributed by atoms with Gasteiger partial charge in [-0.2, -0.15) is 0 Å². The smallest absolute Gasteiger partial charge is 0.329 e. The number of nitrogens with zero attached hydrogens (tertiary/aromatic N) is 2. The molecule has 3 rings (SSSR count). The minimum absolute atomic E-state index is 0.270. The Bertz CT molecular complexity index is 998. The van der Waals surface area contributed by atoms with Crippen molar-refractivity contribution >= 4 is 38.9 Å². The lowest BCUT2D eigenvalue weighted by molar-refractivity contribution is -0.146. The summed E-state index contributed by atoms with van der Waals surface area (Å²) in [6.45, 7) is 7.03. The van der Waals surface area contributed by atoms with Gasteiger partial charge in [0.15, 0.2) is 0 Å². The largest absolute Gasteiger partial charge is 0.480 e. The SMILES string of the molecule is CCc1sc2nc(CC)n(C(C)(C)C(=O)O)c(=O)c2c1-c1cccs1. The zero-order chi connectivity index (χ0) is 18.4. The van der Waals surface area contributed by atoms with E-state index in [1.165, 1.54) is 15.9 Å². The Morgan fingerprint density at radius 2 is 2.04 bits per heavy atom. The van der Waals surface area contributed by atoms with Gasteiger partial charge in [0.05, 0.1) is 5.39 Å². The van der Waals surface area contributed by atoms with E-state index in [-0.39, 0.29) is 5.56 Å². The number of thiophene rings is 2. The number of rotatable bonds is 5. The highest BCUT2D eigenvalue weighted by Gasteiger charge is 2.34. The van der Waals surface area contributed by atoms with Gasteiger partial charge in [-0.05, 0) is 31.7 Å². The maximum Gasteiger partial charge on any atom is 0.329 e. The normalized spacial score (nSPS) is 12.0. The molecule has 3 heterocycles. The van der Waals surface area contributed by atoms with E-state index in [1.54, 1.807) is 25.2 Å². The lowest BCUT2D eigenvalue weighted by Gasteiger charge is -2.25. The van der Waals surface area contributed by atoms with Crippen molar-refractivity contribution in [1.82, 2.24) is 9.55 Å². The number of aliphatic carboxylic acids is 1. The molecule has 3 aromatic rings. The summed E-state index contributed by atoms with van der Waals surface area (Å²) in [5, 5.41) is 12.1. The Morgan fingerprint density at radius 3 is 2.56 bits per heavy atom. The second-order valence-electron chi connectivity index (χ2n) is 6.30. The molecule has 0 atom stereocenters. The quantitative estimate of drug-likeness (QED) is 0.727. The Hall–Kier alpha value is -1.99. The van der Waals surface area contributed by atoms with Crippen molar-refractivity contribution < 1.29 is 9.90 Å². The Balaban J connectivity index is 2.48. The molecule has 0 aliphatic carbocycles. The summed E-state index contributed by atoms with van der Waals surface area (Å²) >= 11 is 3.11. The molecule has 7 heteroatoms. The molecule has 0 saturated carbocycles. The Kier molecular flexibility index (Phi) is 4.55. The number of aryl methyl sites for hydroxylation is 2. The van der Waals surface area contributed by atoms with E-state index in [1.807, 2.05) is 24.4 Å². The summed E-state index contributed by atoms with van der Waals surface area (Å²) in [5.74, 6) is -0.541. The fraction of sp³-hybridized carbons (Fsp3) is 0.389. The average Bonchev–Trinajstić information content (AvgIpc) is 3.20. The summed E-state index contributed by atoms with van der Waals surface area (Å²) in [6.07, 6.45) is 1.30. The van der Waals surface area contributed by atoms with Gasteiger partial charge in [0.1, 0.15) is 16.2 Å². The van der Waals surface area contributed by atoms with Crippen LogP contribution in [0, 0.1) is 0 Å². The van der Waals surface area contributed by atoms with Crippen LogP contribution < -0.4 is 5.56 Å². The maximum absolute atomic E-state index is 13.4. The van der Waals surface area contributed by atoms with E-state index in [0.717, 1.165) is 21.7 Å². The lowest BCUT2D eigenvalue weighted by atomic mass is 10.0. The fourth-order valence-corrected chi connectivity index (χ4v) is 4.98. The van der Waals surface area contributed by atoms with E-state index in [9.17, 15) is 14.7 Å². The van der Waals surface area contributed by atoms with Gasteiger partial charge in [-0.3, -0.25) is 9.36 Å². The van der Waals surface area contributed by atoms with Crippen molar-refractivity contribution in [2.75, 3.05) is 0 Å². The highest BCUT2D eigenvalue weighted by molar-refractivity contribution is 7.20. The number of carbonyl (C=O) groups is 1. The van der Waals surface area contributed by atoms with Crippen LogP contribution in [0.2, 0.25) is 0 Å². The maximum atomic E-state index is 13.4. The van der Waals surface area contributed by atoms with Gasteiger partial charge in [-0.15, -0.1) is 22.7 Å². The van der Waals surface area contributed by atoms with Gasteiger partial charge in [0.2, 0.25) is 0 Å². The van der Waals surface area contributed by atoms with E-state index >= 15 is 0 Å². The van der Waals surface area contributed by atoms with E-state index in [0.29, 0.717) is 22.5 Å². The van der Waals surface area contributed by atoms with Crippen LogP contribution in [0.25, 0.3) is 20.7 Å². The summed E-state index contributed by atoms with van der Waals surface area (Å²) < 4.78 is 1.35. The minimum atomic E-state index is -1.36. The van der Waals surface area contributed by atoms with Gasteiger partial charge in [0.25, 0.3) is 5.56 Å². The third-order valence-corrected chi connectivity index (χ3v) is 6.47. The number of carboxylic acid groups (broad SMARTS) is 1. The molecule has 0 aromatic carbocycles. The minimum Gasteiger partial charge on any atom is -0.480 e. The zero-order valence-electron chi connectivity index (χ0n) is 14.6. The van der Waals surface area contributed by atoms with Gasteiger partial charge in [-0.1, -0.05) is 19.9 Å². The molecule has 0 unspecified atom stereocenters. The first-order chi connectivity index (χ1) is 11.8. The van der Waals surface area contributed by atoms with Crippen molar-refractivity contribution in [3.8, 4) is 10.4 Å². The first-order valence-corrected chi connectivity index (χ1v) is 9.87. The predicted octanol–water partition coefficient (Wildman–Crippen LogP) is 4.13. The fourth-order valence-electron chi connectivity index (χ4n) is 2.98. The molecule has 1 N–H and O–H groups in total. The average molecular weight is 377 g/mol. The number of fused-ring (bicyclic) bond motifs is 1. The molecule has 25 heavy (non-hydrogen) atoms. The van der Waals surface area contributed by atoms with Crippen LogP contribution in [0.15, 0.2) is 22.3 Å². The summed E-state index contributed by atoms with van der Waals surface area (Å²) in [7, 11) is 0. The molecule has 3 aromatic heterocycles. The molecule has 0 aliphatic heterocycles. The van der Waals surface area contributed by atoms with Gasteiger partial charge in [-0.25, -0.2) is 9.78 Å². The molecule has 5 nitrogen and oxygen atoms in total. The number of aromatic nitrogens is 2. The first-order valence-electron chi connectivity index (χ1n) is 8.17. The third-order valence-electron chi connectivity index (χ3n) is 4.36. The summed E-state index contributed by atoms with van der Waals surface area (Å²) in [6, 6.07) is 3.95. The molecular weight excluding hydrogens is 356 g/mol. The zero-order valence-corrected chi connectivity index (χ0v) is 16.3. The van der Waals surface area contributed by atoms with E-state index in [4.69, 9.17) is 0 Å². The molecule has 132 valence electrons. The van der Waals surface area contributed by atoms with E-state index in [2.05, 4.69) is 11.9 Å². The van der Waals surface area contributed by atoms with Crippen molar-refractivity contribution in [3.63, 3.8) is 0 Å². The third kappa shape index (κ3) is 2.71. The second kappa shape index (κ2) is 6.38.